The molecule has 2 heterocycles. The van der Waals surface area contributed by atoms with Crippen LogP contribution in [0.4, 0.5) is 8.78 Å². The van der Waals surface area contributed by atoms with E-state index in [0.29, 0.717) is 31.3 Å². The van der Waals surface area contributed by atoms with Crippen LogP contribution in [0.2, 0.25) is 0 Å². The van der Waals surface area contributed by atoms with E-state index in [1.807, 2.05) is 29.2 Å². The van der Waals surface area contributed by atoms with Crippen molar-refractivity contribution >= 4 is 10.0 Å². The molecule has 1 fully saturated rings. The number of aryl methyl sites for hydroxylation is 1. The molecular formula is C21H22F2N4O3S. The van der Waals surface area contributed by atoms with Gasteiger partial charge < -0.3 is 4.52 Å². The van der Waals surface area contributed by atoms with E-state index in [-0.39, 0.29) is 13.1 Å². The molecule has 164 valence electrons. The van der Waals surface area contributed by atoms with Gasteiger partial charge in [0.1, 0.15) is 11.6 Å². The zero-order valence-electron chi connectivity index (χ0n) is 17.0. The molecule has 0 bridgehead atoms. The molecule has 31 heavy (non-hydrogen) atoms. The second-order valence-electron chi connectivity index (χ2n) is 7.29. The summed E-state index contributed by atoms with van der Waals surface area (Å²) in [5.41, 5.74) is 2.07. The highest BCUT2D eigenvalue weighted by atomic mass is 32.2. The summed E-state index contributed by atoms with van der Waals surface area (Å²) in [5, 5.41) is 4.02. The van der Waals surface area contributed by atoms with Gasteiger partial charge >= 0.3 is 0 Å². The molecular weight excluding hydrogens is 426 g/mol. The van der Waals surface area contributed by atoms with Gasteiger partial charge in [-0.15, -0.1) is 0 Å². The van der Waals surface area contributed by atoms with Crippen molar-refractivity contribution in [2.24, 2.45) is 0 Å². The van der Waals surface area contributed by atoms with Crippen molar-refractivity contribution in [3.63, 3.8) is 0 Å². The summed E-state index contributed by atoms with van der Waals surface area (Å²) in [6.45, 7) is 3.41. The molecule has 1 aliphatic rings. The number of aromatic nitrogens is 2. The van der Waals surface area contributed by atoms with Gasteiger partial charge in [-0.25, -0.2) is 17.2 Å². The second-order valence-corrected chi connectivity index (χ2v) is 9.17. The fourth-order valence-electron chi connectivity index (χ4n) is 3.50. The van der Waals surface area contributed by atoms with Crippen molar-refractivity contribution in [2.45, 2.75) is 24.8 Å². The van der Waals surface area contributed by atoms with Crippen molar-refractivity contribution < 1.29 is 21.7 Å². The first kappa shape index (κ1) is 21.5. The van der Waals surface area contributed by atoms with Crippen molar-refractivity contribution in [1.29, 1.82) is 0 Å². The highest BCUT2D eigenvalue weighted by Crippen LogP contribution is 2.24. The maximum absolute atomic E-state index is 14.0. The summed E-state index contributed by atoms with van der Waals surface area (Å²) in [6.07, 6.45) is 0.947. The lowest BCUT2D eigenvalue weighted by Gasteiger charge is -2.33. The van der Waals surface area contributed by atoms with E-state index < -0.39 is 26.6 Å². The number of sulfonamides is 1. The summed E-state index contributed by atoms with van der Waals surface area (Å²) in [7, 11) is -4.25. The SMILES string of the molecule is CCc1ccc(-c2noc(CN3CCN(S(=O)(=O)c4c(F)cccc4F)CC3)n2)cc1. The van der Waals surface area contributed by atoms with Crippen LogP contribution in [0.15, 0.2) is 51.9 Å². The molecule has 1 saturated heterocycles. The number of piperazine rings is 1. The van der Waals surface area contributed by atoms with Gasteiger partial charge in [0.15, 0.2) is 4.90 Å². The normalized spacial score (nSPS) is 16.0. The highest BCUT2D eigenvalue weighted by molar-refractivity contribution is 7.89. The van der Waals surface area contributed by atoms with Crippen LogP contribution in [-0.4, -0.2) is 53.9 Å². The van der Waals surface area contributed by atoms with Crippen LogP contribution in [0.1, 0.15) is 18.4 Å². The van der Waals surface area contributed by atoms with Gasteiger partial charge in [-0.1, -0.05) is 42.4 Å². The number of halogens is 2. The van der Waals surface area contributed by atoms with Gasteiger partial charge in [0.05, 0.1) is 6.54 Å². The molecule has 1 aromatic heterocycles. The summed E-state index contributed by atoms with van der Waals surface area (Å²) in [5.74, 6) is -1.26. The van der Waals surface area contributed by atoms with Gasteiger partial charge in [-0.3, -0.25) is 4.90 Å². The van der Waals surface area contributed by atoms with E-state index in [2.05, 4.69) is 17.1 Å². The minimum Gasteiger partial charge on any atom is -0.338 e. The molecule has 0 N–H and O–H groups in total. The Balaban J connectivity index is 1.39. The van der Waals surface area contributed by atoms with Crippen LogP contribution in [0.25, 0.3) is 11.4 Å². The topological polar surface area (TPSA) is 79.5 Å². The van der Waals surface area contributed by atoms with E-state index in [4.69, 9.17) is 4.52 Å². The Bertz CT molecular complexity index is 1140. The summed E-state index contributed by atoms with van der Waals surface area (Å²) < 4.78 is 59.7. The largest absolute Gasteiger partial charge is 0.338 e. The van der Waals surface area contributed by atoms with Crippen LogP contribution in [0.5, 0.6) is 0 Å². The fraction of sp³-hybridized carbons (Fsp3) is 0.333. The monoisotopic (exact) mass is 448 g/mol. The Morgan fingerprint density at radius 2 is 1.65 bits per heavy atom. The molecule has 0 aliphatic carbocycles. The predicted molar refractivity (Wildman–Crippen MR) is 110 cm³/mol. The van der Waals surface area contributed by atoms with E-state index in [1.165, 1.54) is 5.56 Å². The third kappa shape index (κ3) is 4.51. The smallest absolute Gasteiger partial charge is 0.249 e. The van der Waals surface area contributed by atoms with Crippen LogP contribution < -0.4 is 0 Å². The first-order chi connectivity index (χ1) is 14.9. The number of rotatable bonds is 6. The molecule has 0 unspecified atom stereocenters. The van der Waals surface area contributed by atoms with Crippen molar-refractivity contribution in [3.8, 4) is 11.4 Å². The Hall–Kier alpha value is -2.69. The number of nitrogens with zero attached hydrogens (tertiary/aromatic N) is 4. The van der Waals surface area contributed by atoms with Crippen LogP contribution in [0, 0.1) is 11.6 Å². The number of hydrogen-bond donors (Lipinski definition) is 0. The number of benzene rings is 2. The summed E-state index contributed by atoms with van der Waals surface area (Å²) >= 11 is 0. The zero-order chi connectivity index (χ0) is 22.0. The average Bonchev–Trinajstić information content (AvgIpc) is 3.22. The third-order valence-electron chi connectivity index (χ3n) is 5.30. The molecule has 2 aromatic carbocycles. The van der Waals surface area contributed by atoms with Crippen LogP contribution in [-0.2, 0) is 23.0 Å². The zero-order valence-corrected chi connectivity index (χ0v) is 17.8. The quantitative estimate of drug-likeness (QED) is 0.577. The molecule has 7 nitrogen and oxygen atoms in total. The number of hydrogen-bond acceptors (Lipinski definition) is 6. The van der Waals surface area contributed by atoms with Gasteiger partial charge in [0, 0.05) is 31.7 Å². The molecule has 0 saturated carbocycles. The minimum atomic E-state index is -4.25. The van der Waals surface area contributed by atoms with Crippen molar-refractivity contribution in [1.82, 2.24) is 19.3 Å². The first-order valence-electron chi connectivity index (χ1n) is 9.97. The molecule has 0 atom stereocenters. The second kappa shape index (κ2) is 8.81. The maximum atomic E-state index is 14.0. The molecule has 0 spiro atoms. The Kier molecular flexibility index (Phi) is 6.12. The van der Waals surface area contributed by atoms with E-state index in [1.54, 1.807) is 0 Å². The Morgan fingerprint density at radius 1 is 1.00 bits per heavy atom. The minimum absolute atomic E-state index is 0.107. The highest BCUT2D eigenvalue weighted by Gasteiger charge is 2.33. The lowest BCUT2D eigenvalue weighted by Crippen LogP contribution is -2.48. The van der Waals surface area contributed by atoms with E-state index in [9.17, 15) is 17.2 Å². The van der Waals surface area contributed by atoms with Crippen molar-refractivity contribution in [2.75, 3.05) is 26.2 Å². The molecule has 3 aromatic rings. The van der Waals surface area contributed by atoms with Crippen LogP contribution in [0.3, 0.4) is 0 Å². The van der Waals surface area contributed by atoms with Crippen molar-refractivity contribution in [3.05, 3.63) is 65.6 Å². The predicted octanol–water partition coefficient (Wildman–Crippen LogP) is 3.08. The van der Waals surface area contributed by atoms with Gasteiger partial charge in [0.25, 0.3) is 0 Å². The lowest BCUT2D eigenvalue weighted by molar-refractivity contribution is 0.163. The van der Waals surface area contributed by atoms with Gasteiger partial charge in [-0.05, 0) is 24.1 Å². The van der Waals surface area contributed by atoms with E-state index in [0.717, 1.165) is 34.5 Å². The molecule has 1 aliphatic heterocycles. The van der Waals surface area contributed by atoms with E-state index >= 15 is 0 Å². The summed E-state index contributed by atoms with van der Waals surface area (Å²) in [6, 6.07) is 10.9. The fourth-order valence-corrected chi connectivity index (χ4v) is 5.03. The Labute approximate surface area is 179 Å². The first-order valence-corrected chi connectivity index (χ1v) is 11.4. The standard InChI is InChI=1S/C21H22F2N4O3S/c1-2-15-6-8-16(9-7-15)21-24-19(30-25-21)14-26-10-12-27(13-11-26)31(28,29)20-17(22)4-3-5-18(20)23/h3-9H,2,10-14H2,1H3. The maximum Gasteiger partial charge on any atom is 0.249 e. The van der Waals surface area contributed by atoms with Gasteiger partial charge in [-0.2, -0.15) is 9.29 Å². The lowest BCUT2D eigenvalue weighted by atomic mass is 10.1. The third-order valence-corrected chi connectivity index (χ3v) is 7.25. The summed E-state index contributed by atoms with van der Waals surface area (Å²) in [4.78, 5) is 5.47. The average molecular weight is 448 g/mol. The molecule has 10 heteroatoms. The molecule has 4 rings (SSSR count). The Morgan fingerprint density at radius 3 is 2.26 bits per heavy atom. The van der Waals surface area contributed by atoms with Crippen LogP contribution >= 0.6 is 0 Å². The molecule has 0 amide bonds. The molecule has 0 radical (unpaired) electrons. The van der Waals surface area contributed by atoms with Gasteiger partial charge in [0.2, 0.25) is 21.7 Å².